The zero-order valence-corrected chi connectivity index (χ0v) is 15.5. The van der Waals surface area contributed by atoms with Crippen molar-refractivity contribution in [1.82, 2.24) is 4.98 Å². The zero-order chi connectivity index (χ0) is 19.8. The predicted octanol–water partition coefficient (Wildman–Crippen LogP) is 3.76. The average molecular weight is 377 g/mol. The number of esters is 1. The largest absolute Gasteiger partial charge is 0.497 e. The van der Waals surface area contributed by atoms with Crippen molar-refractivity contribution in [3.05, 3.63) is 78.0 Å². The third-order valence-electron chi connectivity index (χ3n) is 3.77. The van der Waals surface area contributed by atoms with Crippen LogP contribution >= 0.6 is 0 Å². The summed E-state index contributed by atoms with van der Waals surface area (Å²) in [6, 6.07) is 17.3. The number of carbonyl (C=O) groups excluding carboxylic acids is 1. The summed E-state index contributed by atoms with van der Waals surface area (Å²) in [4.78, 5) is 16.4. The van der Waals surface area contributed by atoms with Gasteiger partial charge in [0, 0.05) is 6.20 Å². The standard InChI is InChI=1S/C21H19N3O4/c1-26-17-9-7-16(8-10-17)21(25)28-18-11-6-15(13-19(18)27-2)14-23-24-20-5-3-4-12-22-20/h3-14H,1-2H3,(H,22,24)/b23-14+. The van der Waals surface area contributed by atoms with Gasteiger partial charge in [0.15, 0.2) is 11.5 Å². The lowest BCUT2D eigenvalue weighted by Crippen LogP contribution is -2.09. The summed E-state index contributed by atoms with van der Waals surface area (Å²) in [7, 11) is 3.07. The Morgan fingerprint density at radius 3 is 2.50 bits per heavy atom. The predicted molar refractivity (Wildman–Crippen MR) is 106 cm³/mol. The molecule has 0 atom stereocenters. The minimum absolute atomic E-state index is 0.318. The van der Waals surface area contributed by atoms with Gasteiger partial charge in [-0.3, -0.25) is 5.43 Å². The molecular weight excluding hydrogens is 358 g/mol. The van der Waals surface area contributed by atoms with Crippen molar-refractivity contribution in [2.75, 3.05) is 19.6 Å². The fraction of sp³-hybridized carbons (Fsp3) is 0.0952. The van der Waals surface area contributed by atoms with Gasteiger partial charge in [0.25, 0.3) is 0 Å². The third-order valence-corrected chi connectivity index (χ3v) is 3.77. The van der Waals surface area contributed by atoms with E-state index in [1.807, 2.05) is 12.1 Å². The van der Waals surface area contributed by atoms with Crippen LogP contribution in [0.5, 0.6) is 17.2 Å². The van der Waals surface area contributed by atoms with E-state index in [1.165, 1.54) is 7.11 Å². The van der Waals surface area contributed by atoms with E-state index >= 15 is 0 Å². The molecule has 3 rings (SSSR count). The summed E-state index contributed by atoms with van der Waals surface area (Å²) in [5.74, 6) is 1.55. The molecule has 3 aromatic rings. The fourth-order valence-corrected chi connectivity index (χ4v) is 2.34. The maximum Gasteiger partial charge on any atom is 0.343 e. The monoisotopic (exact) mass is 377 g/mol. The third kappa shape index (κ3) is 4.85. The maximum absolute atomic E-state index is 12.3. The Hall–Kier alpha value is -3.87. The second-order valence-electron chi connectivity index (χ2n) is 5.61. The molecule has 142 valence electrons. The van der Waals surface area contributed by atoms with E-state index in [2.05, 4.69) is 15.5 Å². The van der Waals surface area contributed by atoms with E-state index in [-0.39, 0.29) is 0 Å². The highest BCUT2D eigenvalue weighted by atomic mass is 16.6. The Morgan fingerprint density at radius 2 is 1.82 bits per heavy atom. The number of nitrogens with one attached hydrogen (secondary N) is 1. The molecule has 0 bridgehead atoms. The minimum Gasteiger partial charge on any atom is -0.497 e. The van der Waals surface area contributed by atoms with Crippen LogP contribution in [0.15, 0.2) is 72.0 Å². The summed E-state index contributed by atoms with van der Waals surface area (Å²) in [6.07, 6.45) is 3.29. The van der Waals surface area contributed by atoms with Crippen molar-refractivity contribution < 1.29 is 19.0 Å². The number of ether oxygens (including phenoxy) is 3. The van der Waals surface area contributed by atoms with Gasteiger partial charge in [-0.1, -0.05) is 6.07 Å². The van der Waals surface area contributed by atoms with Crippen molar-refractivity contribution in [3.63, 3.8) is 0 Å². The number of anilines is 1. The molecule has 7 nitrogen and oxygen atoms in total. The van der Waals surface area contributed by atoms with Gasteiger partial charge in [0.2, 0.25) is 0 Å². The molecule has 1 heterocycles. The number of nitrogens with zero attached hydrogens (tertiary/aromatic N) is 2. The van der Waals surface area contributed by atoms with Crippen LogP contribution in [0, 0.1) is 0 Å². The Labute approximate surface area is 162 Å². The molecule has 0 unspecified atom stereocenters. The van der Waals surface area contributed by atoms with Gasteiger partial charge in [-0.05, 0) is 60.2 Å². The summed E-state index contributed by atoms with van der Waals surface area (Å²) in [5.41, 5.74) is 4.01. The van der Waals surface area contributed by atoms with E-state index in [9.17, 15) is 4.79 Å². The van der Waals surface area contributed by atoms with Crippen molar-refractivity contribution >= 4 is 18.0 Å². The molecule has 1 N–H and O–H groups in total. The molecule has 0 aliphatic heterocycles. The molecule has 0 spiro atoms. The number of hydrazone groups is 1. The van der Waals surface area contributed by atoms with Crippen LogP contribution in [0.25, 0.3) is 0 Å². The lowest BCUT2D eigenvalue weighted by atomic mass is 10.2. The Balaban J connectivity index is 1.69. The van der Waals surface area contributed by atoms with Gasteiger partial charge in [-0.15, -0.1) is 0 Å². The van der Waals surface area contributed by atoms with Gasteiger partial charge in [-0.25, -0.2) is 9.78 Å². The topological polar surface area (TPSA) is 82.0 Å². The number of hydrogen-bond donors (Lipinski definition) is 1. The van der Waals surface area contributed by atoms with E-state index in [1.54, 1.807) is 68.1 Å². The van der Waals surface area contributed by atoms with E-state index in [0.717, 1.165) is 5.56 Å². The van der Waals surface area contributed by atoms with E-state index in [4.69, 9.17) is 14.2 Å². The zero-order valence-electron chi connectivity index (χ0n) is 15.5. The first kappa shape index (κ1) is 18.9. The molecule has 1 aromatic heterocycles. The highest BCUT2D eigenvalue weighted by molar-refractivity contribution is 5.91. The number of methoxy groups -OCH3 is 2. The Morgan fingerprint density at radius 1 is 1.00 bits per heavy atom. The van der Waals surface area contributed by atoms with Gasteiger partial charge < -0.3 is 14.2 Å². The molecular formula is C21H19N3O4. The number of hydrogen-bond acceptors (Lipinski definition) is 7. The second kappa shape index (κ2) is 9.18. The summed E-state index contributed by atoms with van der Waals surface area (Å²) >= 11 is 0. The number of benzene rings is 2. The first-order chi connectivity index (χ1) is 13.7. The number of pyridine rings is 1. The summed E-state index contributed by atoms with van der Waals surface area (Å²) in [5, 5.41) is 4.13. The van der Waals surface area contributed by atoms with Crippen LogP contribution in [-0.4, -0.2) is 31.4 Å². The van der Waals surface area contributed by atoms with Crippen molar-refractivity contribution in [1.29, 1.82) is 0 Å². The minimum atomic E-state index is -0.487. The van der Waals surface area contributed by atoms with Crippen LogP contribution < -0.4 is 19.6 Å². The number of carbonyl (C=O) groups is 1. The van der Waals surface area contributed by atoms with Gasteiger partial charge >= 0.3 is 5.97 Å². The molecule has 0 aliphatic carbocycles. The lowest BCUT2D eigenvalue weighted by Gasteiger charge is -2.10. The van der Waals surface area contributed by atoms with Gasteiger partial charge in [-0.2, -0.15) is 5.10 Å². The van der Waals surface area contributed by atoms with Crippen molar-refractivity contribution in [3.8, 4) is 17.2 Å². The lowest BCUT2D eigenvalue weighted by molar-refractivity contribution is 0.0729. The second-order valence-corrected chi connectivity index (χ2v) is 5.61. The van der Waals surface area contributed by atoms with Crippen molar-refractivity contribution in [2.24, 2.45) is 5.10 Å². The van der Waals surface area contributed by atoms with Crippen molar-refractivity contribution in [2.45, 2.75) is 0 Å². The van der Waals surface area contributed by atoms with Crippen LogP contribution in [0.4, 0.5) is 5.82 Å². The first-order valence-corrected chi connectivity index (χ1v) is 8.44. The smallest absolute Gasteiger partial charge is 0.343 e. The van der Waals surface area contributed by atoms with Crippen LogP contribution in [0.2, 0.25) is 0 Å². The SMILES string of the molecule is COc1ccc(C(=O)Oc2ccc(/C=N/Nc3ccccn3)cc2OC)cc1. The molecule has 28 heavy (non-hydrogen) atoms. The molecule has 0 aliphatic rings. The molecule has 0 saturated heterocycles. The molecule has 0 radical (unpaired) electrons. The Bertz CT molecular complexity index is 957. The first-order valence-electron chi connectivity index (χ1n) is 8.44. The van der Waals surface area contributed by atoms with Crippen LogP contribution in [-0.2, 0) is 0 Å². The summed E-state index contributed by atoms with van der Waals surface area (Å²) < 4.78 is 15.9. The molecule has 7 heteroatoms. The fourth-order valence-electron chi connectivity index (χ4n) is 2.34. The normalized spacial score (nSPS) is 10.5. The quantitative estimate of drug-likeness (QED) is 0.292. The van der Waals surface area contributed by atoms with E-state index < -0.39 is 5.97 Å². The highest BCUT2D eigenvalue weighted by Gasteiger charge is 2.13. The van der Waals surface area contributed by atoms with Gasteiger partial charge in [0.1, 0.15) is 11.6 Å². The highest BCUT2D eigenvalue weighted by Crippen LogP contribution is 2.28. The van der Waals surface area contributed by atoms with E-state index in [0.29, 0.717) is 28.6 Å². The van der Waals surface area contributed by atoms with Gasteiger partial charge in [0.05, 0.1) is 26.0 Å². The maximum atomic E-state index is 12.3. The summed E-state index contributed by atoms with van der Waals surface area (Å²) in [6.45, 7) is 0. The molecule has 0 fully saturated rings. The molecule has 2 aromatic carbocycles. The number of rotatable bonds is 7. The number of aromatic nitrogens is 1. The molecule has 0 saturated carbocycles. The Kier molecular flexibility index (Phi) is 6.20. The van der Waals surface area contributed by atoms with Crippen LogP contribution in [0.1, 0.15) is 15.9 Å². The average Bonchev–Trinajstić information content (AvgIpc) is 2.75. The van der Waals surface area contributed by atoms with Crippen LogP contribution in [0.3, 0.4) is 0 Å². The molecule has 0 amide bonds.